The minimum absolute atomic E-state index is 0.539. The van der Waals surface area contributed by atoms with Crippen LogP contribution in [0.1, 0.15) is 18.9 Å². The molecule has 0 saturated heterocycles. The van der Waals surface area contributed by atoms with Gasteiger partial charge in [0.05, 0.1) is 19.8 Å². The molecule has 0 radical (unpaired) electrons. The molecule has 0 fully saturated rings. The van der Waals surface area contributed by atoms with Gasteiger partial charge in [-0.1, -0.05) is 18.2 Å². The van der Waals surface area contributed by atoms with Gasteiger partial charge in [-0.15, -0.1) is 0 Å². The third-order valence-electron chi connectivity index (χ3n) is 4.10. The molecule has 2 aromatic carbocycles. The third-order valence-corrected chi connectivity index (χ3v) is 4.10. The average molecular weight is 416 g/mol. The Kier molecular flexibility index (Phi) is 11.2. The van der Waals surface area contributed by atoms with E-state index in [-0.39, 0.29) is 0 Å². The van der Waals surface area contributed by atoms with Crippen LogP contribution in [0.4, 0.5) is 5.69 Å². The van der Waals surface area contributed by atoms with E-state index in [2.05, 4.69) is 15.6 Å². The molecule has 0 aliphatic heterocycles. The summed E-state index contributed by atoms with van der Waals surface area (Å²) in [6.45, 7) is 5.79. The summed E-state index contributed by atoms with van der Waals surface area (Å²) in [6, 6.07) is 15.8. The first-order valence-corrected chi connectivity index (χ1v) is 10.2. The van der Waals surface area contributed by atoms with E-state index >= 15 is 0 Å². The zero-order valence-electron chi connectivity index (χ0n) is 18.1. The average Bonchev–Trinajstić information content (AvgIpc) is 2.77. The Labute approximate surface area is 179 Å². The minimum Gasteiger partial charge on any atom is -0.493 e. The summed E-state index contributed by atoms with van der Waals surface area (Å²) < 4.78 is 21.4. The van der Waals surface area contributed by atoms with E-state index in [9.17, 15) is 0 Å². The molecule has 0 saturated carbocycles. The molecule has 0 aromatic heterocycles. The Bertz CT molecular complexity index is 750. The number of hydrogen-bond acceptors (Lipinski definition) is 5. The van der Waals surface area contributed by atoms with Gasteiger partial charge in [-0.2, -0.15) is 0 Å². The highest BCUT2D eigenvalue weighted by molar-refractivity contribution is 5.93. The van der Waals surface area contributed by atoms with Gasteiger partial charge in [0.1, 0.15) is 18.1 Å². The standard InChI is InChI=1S/C23H33N3O4/c1-4-24-23(25-18-19-9-11-21(12-10-19)30-16-15-28-3)26-20-7-5-8-22(17-20)29-14-6-13-27-2/h5,7-12,17H,4,6,13-16,18H2,1-3H3,(H2,24,25,26). The van der Waals surface area contributed by atoms with Crippen LogP contribution in [0.2, 0.25) is 0 Å². The number of rotatable bonds is 13. The van der Waals surface area contributed by atoms with Gasteiger partial charge >= 0.3 is 0 Å². The number of anilines is 1. The predicted octanol–water partition coefficient (Wildman–Crippen LogP) is 3.70. The van der Waals surface area contributed by atoms with Crippen LogP contribution < -0.4 is 20.1 Å². The smallest absolute Gasteiger partial charge is 0.196 e. The van der Waals surface area contributed by atoms with Crippen molar-refractivity contribution in [1.82, 2.24) is 5.32 Å². The number of guanidine groups is 1. The van der Waals surface area contributed by atoms with E-state index in [0.29, 0.717) is 33.0 Å². The number of ether oxygens (including phenoxy) is 4. The Hall–Kier alpha value is -2.77. The van der Waals surface area contributed by atoms with Crippen LogP contribution in [0.15, 0.2) is 53.5 Å². The van der Waals surface area contributed by atoms with Gasteiger partial charge in [0, 0.05) is 45.5 Å². The van der Waals surface area contributed by atoms with Crippen LogP contribution in [0.25, 0.3) is 0 Å². The van der Waals surface area contributed by atoms with Crippen molar-refractivity contribution in [3.63, 3.8) is 0 Å². The largest absolute Gasteiger partial charge is 0.493 e. The SMILES string of the molecule is CCNC(=NCc1ccc(OCCOC)cc1)Nc1cccc(OCCCOC)c1. The second-order valence-electron chi connectivity index (χ2n) is 6.53. The molecule has 0 spiro atoms. The molecule has 0 aliphatic carbocycles. The fourth-order valence-corrected chi connectivity index (χ4v) is 2.60. The van der Waals surface area contributed by atoms with E-state index in [0.717, 1.165) is 41.7 Å². The van der Waals surface area contributed by atoms with Gasteiger partial charge in [-0.05, 0) is 36.8 Å². The Morgan fingerprint density at radius 2 is 1.63 bits per heavy atom. The van der Waals surface area contributed by atoms with Crippen LogP contribution in [0.5, 0.6) is 11.5 Å². The van der Waals surface area contributed by atoms with Crippen LogP contribution in [-0.2, 0) is 16.0 Å². The second kappa shape index (κ2) is 14.3. The quantitative estimate of drug-likeness (QED) is 0.295. The zero-order valence-corrected chi connectivity index (χ0v) is 18.1. The van der Waals surface area contributed by atoms with Crippen LogP contribution in [0, 0.1) is 0 Å². The van der Waals surface area contributed by atoms with Crippen molar-refractivity contribution in [1.29, 1.82) is 0 Å². The predicted molar refractivity (Wildman–Crippen MR) is 121 cm³/mol. The lowest BCUT2D eigenvalue weighted by Gasteiger charge is -2.13. The summed E-state index contributed by atoms with van der Waals surface area (Å²) in [5.74, 6) is 2.36. The molecule has 2 N–H and O–H groups in total. The highest BCUT2D eigenvalue weighted by atomic mass is 16.5. The van der Waals surface area contributed by atoms with E-state index in [1.807, 2.05) is 55.5 Å². The normalized spacial score (nSPS) is 11.2. The maximum absolute atomic E-state index is 5.77. The molecule has 164 valence electrons. The number of benzene rings is 2. The van der Waals surface area contributed by atoms with E-state index in [4.69, 9.17) is 18.9 Å². The Morgan fingerprint density at radius 1 is 0.867 bits per heavy atom. The second-order valence-corrected chi connectivity index (χ2v) is 6.53. The third kappa shape index (κ3) is 9.15. The number of hydrogen-bond donors (Lipinski definition) is 2. The fraction of sp³-hybridized carbons (Fsp3) is 0.435. The lowest BCUT2D eigenvalue weighted by molar-refractivity contribution is 0.146. The highest BCUT2D eigenvalue weighted by Gasteiger charge is 2.02. The monoisotopic (exact) mass is 415 g/mol. The number of nitrogens with one attached hydrogen (secondary N) is 2. The van der Waals surface area contributed by atoms with Gasteiger partial charge in [0.2, 0.25) is 0 Å². The first-order chi connectivity index (χ1) is 14.7. The molecule has 2 aromatic rings. The van der Waals surface area contributed by atoms with E-state index in [1.54, 1.807) is 14.2 Å². The van der Waals surface area contributed by atoms with Crippen LogP contribution in [-0.4, -0.2) is 53.2 Å². The fourth-order valence-electron chi connectivity index (χ4n) is 2.60. The van der Waals surface area contributed by atoms with Crippen molar-refractivity contribution in [2.45, 2.75) is 19.9 Å². The van der Waals surface area contributed by atoms with E-state index in [1.165, 1.54) is 0 Å². The van der Waals surface area contributed by atoms with Crippen LogP contribution in [0.3, 0.4) is 0 Å². The molecule has 0 amide bonds. The molecule has 0 bridgehead atoms. The van der Waals surface area contributed by atoms with Gasteiger partial charge in [-0.3, -0.25) is 0 Å². The van der Waals surface area contributed by atoms with Crippen molar-refractivity contribution in [3.8, 4) is 11.5 Å². The zero-order chi connectivity index (χ0) is 21.4. The summed E-state index contributed by atoms with van der Waals surface area (Å²) in [6.07, 6.45) is 0.856. The molecule has 7 nitrogen and oxygen atoms in total. The molecular weight excluding hydrogens is 382 g/mol. The minimum atomic E-state index is 0.539. The summed E-state index contributed by atoms with van der Waals surface area (Å²) in [7, 11) is 3.35. The molecule has 7 heteroatoms. The van der Waals surface area contributed by atoms with Crippen molar-refractivity contribution in [2.24, 2.45) is 4.99 Å². The molecule has 30 heavy (non-hydrogen) atoms. The van der Waals surface area contributed by atoms with Gasteiger partial charge in [-0.25, -0.2) is 4.99 Å². The first-order valence-electron chi connectivity index (χ1n) is 10.2. The maximum Gasteiger partial charge on any atom is 0.196 e. The number of methoxy groups -OCH3 is 2. The Morgan fingerprint density at radius 3 is 2.37 bits per heavy atom. The number of nitrogens with zero attached hydrogens (tertiary/aromatic N) is 1. The first kappa shape index (κ1) is 23.5. The van der Waals surface area contributed by atoms with Gasteiger partial charge in [0.15, 0.2) is 5.96 Å². The summed E-state index contributed by atoms with van der Waals surface area (Å²) >= 11 is 0. The molecule has 0 heterocycles. The number of aliphatic imine (C=N–C) groups is 1. The summed E-state index contributed by atoms with van der Waals surface area (Å²) in [4.78, 5) is 4.68. The molecule has 0 unspecified atom stereocenters. The topological polar surface area (TPSA) is 73.3 Å². The maximum atomic E-state index is 5.77. The molecular formula is C23H33N3O4. The van der Waals surface area contributed by atoms with Crippen molar-refractivity contribution in [3.05, 3.63) is 54.1 Å². The van der Waals surface area contributed by atoms with Crippen molar-refractivity contribution < 1.29 is 18.9 Å². The van der Waals surface area contributed by atoms with Gasteiger partial charge in [0.25, 0.3) is 0 Å². The lowest BCUT2D eigenvalue weighted by Crippen LogP contribution is -2.30. The Balaban J connectivity index is 1.92. The molecule has 2 rings (SSSR count). The van der Waals surface area contributed by atoms with Crippen molar-refractivity contribution in [2.75, 3.05) is 52.5 Å². The van der Waals surface area contributed by atoms with Crippen LogP contribution >= 0.6 is 0 Å². The lowest BCUT2D eigenvalue weighted by atomic mass is 10.2. The van der Waals surface area contributed by atoms with E-state index < -0.39 is 0 Å². The van der Waals surface area contributed by atoms with Gasteiger partial charge < -0.3 is 29.6 Å². The summed E-state index contributed by atoms with van der Waals surface area (Å²) in [5.41, 5.74) is 2.02. The molecule has 0 atom stereocenters. The molecule has 0 aliphatic rings. The summed E-state index contributed by atoms with van der Waals surface area (Å²) in [5, 5.41) is 6.60. The highest BCUT2D eigenvalue weighted by Crippen LogP contribution is 2.18. The van der Waals surface area contributed by atoms with Crippen molar-refractivity contribution >= 4 is 11.6 Å².